The Hall–Kier alpha value is 0.160. The Balaban J connectivity index is 3.77. The van der Waals surface area contributed by atoms with Crippen LogP contribution in [-0.2, 0) is 10.0 Å². The summed E-state index contributed by atoms with van der Waals surface area (Å²) in [5.41, 5.74) is 0. The summed E-state index contributed by atoms with van der Waals surface area (Å²) in [7, 11) is -3.39. The van der Waals surface area contributed by atoms with E-state index in [2.05, 4.69) is 4.72 Å². The Morgan fingerprint density at radius 2 is 2.00 bits per heavy atom. The van der Waals surface area contributed by atoms with Crippen molar-refractivity contribution in [2.75, 3.05) is 11.8 Å². The van der Waals surface area contributed by atoms with E-state index >= 15 is 0 Å². The monoisotopic (exact) mass is 229 g/mol. The third kappa shape index (κ3) is 7.25. The number of hydrogen-bond acceptors (Lipinski definition) is 3. The van der Waals surface area contributed by atoms with Crippen molar-refractivity contribution in [3.8, 4) is 0 Å². The van der Waals surface area contributed by atoms with Crippen LogP contribution in [-0.4, -0.2) is 31.4 Å². The van der Waals surface area contributed by atoms with Gasteiger partial charge in [-0.15, -0.1) is 11.6 Å². The first-order valence-corrected chi connectivity index (χ1v) is 6.27. The molecule has 4 nitrogen and oxygen atoms in total. The maximum atomic E-state index is 10.8. The molecule has 0 aromatic heterocycles. The highest BCUT2D eigenvalue weighted by Gasteiger charge is 2.12. The SMILES string of the molecule is CC(C)CC(O)CNS(=O)(=O)CCl. The van der Waals surface area contributed by atoms with E-state index in [0.29, 0.717) is 12.3 Å². The van der Waals surface area contributed by atoms with Crippen molar-refractivity contribution in [3.63, 3.8) is 0 Å². The van der Waals surface area contributed by atoms with Gasteiger partial charge < -0.3 is 5.11 Å². The van der Waals surface area contributed by atoms with Gasteiger partial charge in [-0.1, -0.05) is 13.8 Å². The minimum absolute atomic E-state index is 0.0350. The van der Waals surface area contributed by atoms with Crippen molar-refractivity contribution in [1.29, 1.82) is 0 Å². The van der Waals surface area contributed by atoms with Gasteiger partial charge in [-0.2, -0.15) is 0 Å². The average Bonchev–Trinajstić information content (AvgIpc) is 2.00. The zero-order chi connectivity index (χ0) is 10.5. The molecule has 0 aliphatic carbocycles. The molecule has 6 heteroatoms. The zero-order valence-corrected chi connectivity index (χ0v) is 9.40. The maximum Gasteiger partial charge on any atom is 0.225 e. The summed E-state index contributed by atoms with van der Waals surface area (Å²) >= 11 is 5.15. The van der Waals surface area contributed by atoms with E-state index in [1.165, 1.54) is 0 Å². The van der Waals surface area contributed by atoms with Gasteiger partial charge in [0.1, 0.15) is 5.21 Å². The molecule has 2 N–H and O–H groups in total. The number of aliphatic hydroxyl groups excluding tert-OH is 1. The molecule has 0 radical (unpaired) electrons. The summed E-state index contributed by atoms with van der Waals surface area (Å²) in [6.07, 6.45) is -0.0665. The van der Waals surface area contributed by atoms with E-state index in [-0.39, 0.29) is 6.54 Å². The number of aliphatic hydroxyl groups is 1. The molecular formula is C7H16ClNO3S. The lowest BCUT2D eigenvalue weighted by atomic mass is 10.1. The van der Waals surface area contributed by atoms with Crippen LogP contribution in [0.3, 0.4) is 0 Å². The Morgan fingerprint density at radius 1 is 1.46 bits per heavy atom. The Bertz CT molecular complexity index is 228. The average molecular weight is 230 g/mol. The van der Waals surface area contributed by atoms with Gasteiger partial charge in [-0.25, -0.2) is 13.1 Å². The fourth-order valence-electron chi connectivity index (χ4n) is 0.889. The molecule has 0 saturated heterocycles. The summed E-state index contributed by atoms with van der Waals surface area (Å²) in [6, 6.07) is 0. The predicted octanol–water partition coefficient (Wildman–Crippen LogP) is 0.509. The molecule has 0 heterocycles. The van der Waals surface area contributed by atoms with Gasteiger partial charge in [-0.05, 0) is 12.3 Å². The molecule has 0 aromatic carbocycles. The second-order valence-electron chi connectivity index (χ2n) is 3.36. The summed E-state index contributed by atoms with van der Waals surface area (Å²) in [4.78, 5) is 0. The molecule has 1 unspecified atom stereocenters. The van der Waals surface area contributed by atoms with Crippen molar-refractivity contribution >= 4 is 21.6 Å². The largest absolute Gasteiger partial charge is 0.392 e. The third-order valence-electron chi connectivity index (χ3n) is 1.43. The Labute approximate surface area is 84.3 Å². The summed E-state index contributed by atoms with van der Waals surface area (Å²) in [5.74, 6) is 0.343. The molecule has 0 aromatic rings. The first kappa shape index (κ1) is 13.2. The normalized spacial score (nSPS) is 14.8. The zero-order valence-electron chi connectivity index (χ0n) is 7.83. The summed E-state index contributed by atoms with van der Waals surface area (Å²) in [5, 5.41) is 8.84. The van der Waals surface area contributed by atoms with Crippen molar-refractivity contribution in [2.45, 2.75) is 26.4 Å². The highest BCUT2D eigenvalue weighted by molar-refractivity contribution is 7.90. The molecular weight excluding hydrogens is 214 g/mol. The molecule has 80 valence electrons. The second kappa shape index (κ2) is 5.80. The number of halogens is 1. The minimum atomic E-state index is -3.39. The molecule has 1 atom stereocenters. The topological polar surface area (TPSA) is 66.4 Å². The maximum absolute atomic E-state index is 10.8. The highest BCUT2D eigenvalue weighted by Crippen LogP contribution is 2.03. The van der Waals surface area contributed by atoms with Crippen LogP contribution in [0.2, 0.25) is 0 Å². The standard InChI is InChI=1S/C7H16ClNO3S/c1-6(2)3-7(10)4-9-13(11,12)5-8/h6-7,9-10H,3-5H2,1-2H3. The van der Waals surface area contributed by atoms with Crippen LogP contribution in [0.1, 0.15) is 20.3 Å². The van der Waals surface area contributed by atoms with Crippen LogP contribution in [0.4, 0.5) is 0 Å². The quantitative estimate of drug-likeness (QED) is 0.653. The number of alkyl halides is 1. The molecule has 0 fully saturated rings. The van der Waals surface area contributed by atoms with Crippen LogP contribution in [0.5, 0.6) is 0 Å². The molecule has 13 heavy (non-hydrogen) atoms. The van der Waals surface area contributed by atoms with Gasteiger partial charge in [-0.3, -0.25) is 0 Å². The first-order chi connectivity index (χ1) is 5.87. The lowest BCUT2D eigenvalue weighted by molar-refractivity contribution is 0.152. The van der Waals surface area contributed by atoms with E-state index in [1.54, 1.807) is 0 Å². The van der Waals surface area contributed by atoms with Gasteiger partial charge >= 0.3 is 0 Å². The van der Waals surface area contributed by atoms with Crippen LogP contribution in [0.25, 0.3) is 0 Å². The molecule has 0 aliphatic heterocycles. The Kier molecular flexibility index (Phi) is 5.87. The van der Waals surface area contributed by atoms with E-state index in [1.807, 2.05) is 13.8 Å². The molecule has 0 saturated carbocycles. The first-order valence-electron chi connectivity index (χ1n) is 4.08. The van der Waals surface area contributed by atoms with Gasteiger partial charge in [0.2, 0.25) is 10.0 Å². The van der Waals surface area contributed by atoms with Crippen molar-refractivity contribution in [3.05, 3.63) is 0 Å². The van der Waals surface area contributed by atoms with E-state index in [0.717, 1.165) is 0 Å². The molecule has 0 amide bonds. The van der Waals surface area contributed by atoms with Crippen LogP contribution in [0, 0.1) is 5.92 Å². The fourth-order valence-corrected chi connectivity index (χ4v) is 1.64. The second-order valence-corrected chi connectivity index (χ2v) is 5.75. The fraction of sp³-hybridized carbons (Fsp3) is 1.00. The summed E-state index contributed by atoms with van der Waals surface area (Å²) < 4.78 is 23.9. The van der Waals surface area contributed by atoms with Crippen molar-refractivity contribution < 1.29 is 13.5 Å². The van der Waals surface area contributed by atoms with Gasteiger partial charge in [0.15, 0.2) is 0 Å². The number of sulfonamides is 1. The van der Waals surface area contributed by atoms with E-state index < -0.39 is 21.3 Å². The smallest absolute Gasteiger partial charge is 0.225 e. The molecule has 0 bridgehead atoms. The number of hydrogen-bond donors (Lipinski definition) is 2. The van der Waals surface area contributed by atoms with Crippen LogP contribution < -0.4 is 4.72 Å². The van der Waals surface area contributed by atoms with E-state index in [4.69, 9.17) is 11.6 Å². The van der Waals surface area contributed by atoms with Crippen molar-refractivity contribution in [1.82, 2.24) is 4.72 Å². The molecule has 0 aliphatic rings. The van der Waals surface area contributed by atoms with Crippen molar-refractivity contribution in [2.24, 2.45) is 5.92 Å². The Morgan fingerprint density at radius 3 is 2.38 bits per heavy atom. The van der Waals surface area contributed by atoms with Gasteiger partial charge in [0.05, 0.1) is 6.10 Å². The minimum Gasteiger partial charge on any atom is -0.392 e. The number of rotatable bonds is 6. The van der Waals surface area contributed by atoms with Gasteiger partial charge in [0.25, 0.3) is 0 Å². The van der Waals surface area contributed by atoms with Gasteiger partial charge in [0, 0.05) is 6.54 Å². The lowest BCUT2D eigenvalue weighted by Gasteiger charge is -2.12. The third-order valence-corrected chi connectivity index (χ3v) is 3.18. The summed E-state index contributed by atoms with van der Waals surface area (Å²) in [6.45, 7) is 3.95. The lowest BCUT2D eigenvalue weighted by Crippen LogP contribution is -2.33. The predicted molar refractivity (Wildman–Crippen MR) is 53.1 cm³/mol. The van der Waals surface area contributed by atoms with E-state index in [9.17, 15) is 13.5 Å². The molecule has 0 spiro atoms. The van der Waals surface area contributed by atoms with Crippen LogP contribution in [0.15, 0.2) is 0 Å². The van der Waals surface area contributed by atoms with Crippen LogP contribution >= 0.6 is 11.6 Å². The highest BCUT2D eigenvalue weighted by atomic mass is 35.5. The number of nitrogens with one attached hydrogen (secondary N) is 1. The molecule has 0 rings (SSSR count).